The summed E-state index contributed by atoms with van der Waals surface area (Å²) in [6.45, 7) is 0. The molecule has 104 valence electrons. The van der Waals surface area contributed by atoms with Crippen LogP contribution in [-0.2, 0) is 0 Å². The summed E-state index contributed by atoms with van der Waals surface area (Å²) >= 11 is 23.8. The maximum Gasteiger partial charge on any atom is 0.335 e. The van der Waals surface area contributed by atoms with E-state index in [1.54, 1.807) is 0 Å². The summed E-state index contributed by atoms with van der Waals surface area (Å²) in [5.41, 5.74) is -0.125. The molecule has 0 radical (unpaired) electrons. The van der Waals surface area contributed by atoms with E-state index in [9.17, 15) is 9.18 Å². The predicted octanol–water partition coefficient (Wildman–Crippen LogP) is 5.80. The van der Waals surface area contributed by atoms with Crippen LogP contribution in [0.25, 0.3) is 11.1 Å². The lowest BCUT2D eigenvalue weighted by atomic mass is 10.0. The molecular weight excluding hydrogens is 349 g/mol. The van der Waals surface area contributed by atoms with Crippen molar-refractivity contribution in [3.8, 4) is 11.1 Å². The molecular formula is C13H5Cl4FO2. The first-order chi connectivity index (χ1) is 9.32. The Balaban J connectivity index is 2.81. The number of hydrogen-bond donors (Lipinski definition) is 1. The maximum absolute atomic E-state index is 13.9. The molecule has 0 spiro atoms. The van der Waals surface area contributed by atoms with Gasteiger partial charge in [0.25, 0.3) is 0 Å². The Hall–Kier alpha value is -1.000. The summed E-state index contributed by atoms with van der Waals surface area (Å²) in [6, 6.07) is 4.60. The van der Waals surface area contributed by atoms with Gasteiger partial charge >= 0.3 is 5.97 Å². The van der Waals surface area contributed by atoms with E-state index < -0.39 is 11.8 Å². The number of carbonyl (C=O) groups is 1. The Morgan fingerprint density at radius 3 is 2.05 bits per heavy atom. The molecule has 0 bridgehead atoms. The van der Waals surface area contributed by atoms with Crippen molar-refractivity contribution in [2.45, 2.75) is 0 Å². The van der Waals surface area contributed by atoms with Gasteiger partial charge in [-0.15, -0.1) is 0 Å². The second kappa shape index (κ2) is 5.78. The van der Waals surface area contributed by atoms with E-state index in [1.165, 1.54) is 6.07 Å². The van der Waals surface area contributed by atoms with Crippen LogP contribution in [0.3, 0.4) is 0 Å². The molecule has 2 nitrogen and oxygen atoms in total. The highest BCUT2D eigenvalue weighted by Crippen LogP contribution is 2.44. The van der Waals surface area contributed by atoms with Gasteiger partial charge in [0.2, 0.25) is 0 Å². The molecule has 1 N–H and O–H groups in total. The molecule has 0 saturated heterocycles. The average molecular weight is 354 g/mol. The smallest absolute Gasteiger partial charge is 0.335 e. The average Bonchev–Trinajstić information content (AvgIpc) is 2.38. The number of hydrogen-bond acceptors (Lipinski definition) is 1. The fraction of sp³-hybridized carbons (Fsp3) is 0. The molecule has 0 atom stereocenters. The van der Waals surface area contributed by atoms with E-state index in [0.717, 1.165) is 18.2 Å². The number of aromatic carboxylic acids is 1. The third-order valence-electron chi connectivity index (χ3n) is 2.59. The zero-order valence-corrected chi connectivity index (χ0v) is 12.6. The minimum absolute atomic E-state index is 0.00232. The Labute approximate surface area is 133 Å². The monoisotopic (exact) mass is 352 g/mol. The van der Waals surface area contributed by atoms with Crippen molar-refractivity contribution >= 4 is 52.4 Å². The van der Waals surface area contributed by atoms with Gasteiger partial charge in [0.15, 0.2) is 0 Å². The fourth-order valence-electron chi connectivity index (χ4n) is 1.66. The molecule has 0 fully saturated rings. The van der Waals surface area contributed by atoms with Crippen molar-refractivity contribution < 1.29 is 14.3 Å². The van der Waals surface area contributed by atoms with Crippen molar-refractivity contribution in [1.29, 1.82) is 0 Å². The van der Waals surface area contributed by atoms with Gasteiger partial charge in [-0.3, -0.25) is 0 Å². The molecule has 0 aliphatic rings. The Morgan fingerprint density at radius 1 is 1.00 bits per heavy atom. The van der Waals surface area contributed by atoms with Crippen molar-refractivity contribution in [1.82, 2.24) is 0 Å². The van der Waals surface area contributed by atoms with Crippen LogP contribution in [0.4, 0.5) is 4.39 Å². The van der Waals surface area contributed by atoms with Crippen molar-refractivity contribution in [3.63, 3.8) is 0 Å². The Kier molecular flexibility index (Phi) is 4.45. The molecule has 0 amide bonds. The van der Waals surface area contributed by atoms with Gasteiger partial charge in [-0.25, -0.2) is 9.18 Å². The Morgan fingerprint density at radius 2 is 1.55 bits per heavy atom. The molecule has 0 saturated carbocycles. The van der Waals surface area contributed by atoms with E-state index in [2.05, 4.69) is 0 Å². The zero-order chi connectivity index (χ0) is 15.0. The van der Waals surface area contributed by atoms with Crippen LogP contribution >= 0.6 is 46.4 Å². The van der Waals surface area contributed by atoms with Crippen molar-refractivity contribution in [3.05, 3.63) is 55.7 Å². The lowest BCUT2D eigenvalue weighted by molar-refractivity contribution is 0.0697. The van der Waals surface area contributed by atoms with E-state index in [0.29, 0.717) is 0 Å². The Bertz CT molecular complexity index is 690. The topological polar surface area (TPSA) is 37.3 Å². The molecule has 0 aromatic heterocycles. The maximum atomic E-state index is 13.9. The van der Waals surface area contributed by atoms with Crippen LogP contribution in [0.15, 0.2) is 24.3 Å². The molecule has 7 heteroatoms. The van der Waals surface area contributed by atoms with Crippen LogP contribution in [0.5, 0.6) is 0 Å². The van der Waals surface area contributed by atoms with E-state index in [4.69, 9.17) is 51.5 Å². The van der Waals surface area contributed by atoms with Crippen LogP contribution in [-0.4, -0.2) is 11.1 Å². The molecule has 0 aliphatic heterocycles. The van der Waals surface area contributed by atoms with Crippen LogP contribution in [0.2, 0.25) is 20.1 Å². The number of carboxylic acid groups (broad SMARTS) is 1. The fourth-order valence-corrected chi connectivity index (χ4v) is 2.67. The van der Waals surface area contributed by atoms with Gasteiger partial charge in [0.05, 0.1) is 25.7 Å². The van der Waals surface area contributed by atoms with Gasteiger partial charge in [0, 0.05) is 11.1 Å². The quantitative estimate of drug-likeness (QED) is 0.692. The lowest BCUT2D eigenvalue weighted by Crippen LogP contribution is -1.98. The summed E-state index contributed by atoms with van der Waals surface area (Å²) in [6.07, 6.45) is 0. The number of halogens is 5. The minimum Gasteiger partial charge on any atom is -0.478 e. The largest absolute Gasteiger partial charge is 0.478 e. The summed E-state index contributed by atoms with van der Waals surface area (Å²) in [4.78, 5) is 11.0. The van der Waals surface area contributed by atoms with Gasteiger partial charge in [0.1, 0.15) is 5.82 Å². The molecule has 20 heavy (non-hydrogen) atoms. The molecule has 0 heterocycles. The second-order valence-corrected chi connectivity index (χ2v) is 5.41. The van der Waals surface area contributed by atoms with Crippen molar-refractivity contribution in [2.75, 3.05) is 0 Å². The van der Waals surface area contributed by atoms with Gasteiger partial charge in [-0.05, 0) is 24.3 Å². The van der Waals surface area contributed by atoms with E-state index in [-0.39, 0.29) is 36.8 Å². The first-order valence-electron chi connectivity index (χ1n) is 5.19. The van der Waals surface area contributed by atoms with Gasteiger partial charge in [-0.1, -0.05) is 46.4 Å². The molecule has 0 unspecified atom stereocenters. The highest BCUT2D eigenvalue weighted by Gasteiger charge is 2.19. The number of benzene rings is 2. The first kappa shape index (κ1) is 15.4. The summed E-state index contributed by atoms with van der Waals surface area (Å²) in [5, 5.41) is 9.15. The summed E-state index contributed by atoms with van der Waals surface area (Å²) in [7, 11) is 0. The van der Waals surface area contributed by atoms with Crippen LogP contribution in [0.1, 0.15) is 10.4 Å². The third kappa shape index (κ3) is 2.72. The SMILES string of the molecule is O=C(O)c1ccc(F)c(-c2c(Cl)c(Cl)cc(Cl)c2Cl)c1. The molecule has 2 aromatic rings. The predicted molar refractivity (Wildman–Crippen MR) is 78.8 cm³/mol. The van der Waals surface area contributed by atoms with E-state index >= 15 is 0 Å². The third-order valence-corrected chi connectivity index (χ3v) is 4.17. The summed E-state index contributed by atoms with van der Waals surface area (Å²) < 4.78 is 13.9. The normalized spacial score (nSPS) is 10.7. The molecule has 2 rings (SSSR count). The standard InChI is InChI=1S/C13H5Cl4FO2/c14-7-4-8(15)12(17)10(11(7)16)6-3-5(13(19)20)1-2-9(6)18/h1-4H,(H,19,20). The molecule has 0 aliphatic carbocycles. The number of rotatable bonds is 2. The van der Waals surface area contributed by atoms with E-state index in [1.807, 2.05) is 0 Å². The second-order valence-electron chi connectivity index (χ2n) is 3.84. The van der Waals surface area contributed by atoms with Crippen LogP contribution in [0, 0.1) is 5.82 Å². The minimum atomic E-state index is -1.20. The van der Waals surface area contributed by atoms with Crippen molar-refractivity contribution in [2.24, 2.45) is 0 Å². The highest BCUT2D eigenvalue weighted by molar-refractivity contribution is 6.50. The van der Waals surface area contributed by atoms with Gasteiger partial charge in [-0.2, -0.15) is 0 Å². The lowest BCUT2D eigenvalue weighted by Gasteiger charge is -2.12. The molecule has 2 aromatic carbocycles. The highest BCUT2D eigenvalue weighted by atomic mass is 35.5. The van der Waals surface area contributed by atoms with Gasteiger partial charge < -0.3 is 5.11 Å². The number of carboxylic acids is 1. The first-order valence-corrected chi connectivity index (χ1v) is 6.70. The summed E-state index contributed by atoms with van der Waals surface area (Å²) in [5.74, 6) is -1.89. The van der Waals surface area contributed by atoms with Crippen LogP contribution < -0.4 is 0 Å². The zero-order valence-electron chi connectivity index (χ0n) is 9.55.